The third-order valence-electron chi connectivity index (χ3n) is 4.58. The molecule has 0 radical (unpaired) electrons. The van der Waals surface area contributed by atoms with Crippen LogP contribution in [0.15, 0.2) is 67.3 Å². The molecule has 1 aliphatic heterocycles. The molecule has 26 heavy (non-hydrogen) atoms. The highest BCUT2D eigenvalue weighted by molar-refractivity contribution is 5.94. The molecular formula is C22H25N3O. The molecule has 4 heteroatoms. The fraction of sp³-hybridized carbons (Fsp3) is 0.273. The van der Waals surface area contributed by atoms with Crippen molar-refractivity contribution in [3.63, 3.8) is 0 Å². The topological polar surface area (TPSA) is 38.1 Å². The molecule has 0 N–H and O–H groups in total. The van der Waals surface area contributed by atoms with Gasteiger partial charge >= 0.3 is 0 Å². The van der Waals surface area contributed by atoms with Gasteiger partial charge in [0.2, 0.25) is 0 Å². The molecule has 4 nitrogen and oxygen atoms in total. The average molecular weight is 347 g/mol. The van der Waals surface area contributed by atoms with Gasteiger partial charge in [-0.25, -0.2) is 4.68 Å². The highest BCUT2D eigenvalue weighted by Crippen LogP contribution is 2.25. The molecule has 3 rings (SSSR count). The maximum absolute atomic E-state index is 12.9. The van der Waals surface area contributed by atoms with E-state index >= 15 is 0 Å². The van der Waals surface area contributed by atoms with Crippen molar-refractivity contribution in [1.82, 2.24) is 14.7 Å². The first-order chi connectivity index (χ1) is 12.7. The fourth-order valence-corrected chi connectivity index (χ4v) is 3.21. The van der Waals surface area contributed by atoms with E-state index in [-0.39, 0.29) is 5.91 Å². The van der Waals surface area contributed by atoms with E-state index in [9.17, 15) is 4.79 Å². The van der Waals surface area contributed by atoms with Crippen LogP contribution in [0.4, 0.5) is 0 Å². The number of nitrogens with zero attached hydrogens (tertiary/aromatic N) is 3. The number of benzene rings is 1. The van der Waals surface area contributed by atoms with Gasteiger partial charge in [-0.15, -0.1) is 0 Å². The summed E-state index contributed by atoms with van der Waals surface area (Å²) in [7, 11) is 0. The number of allylic oxidation sites excluding steroid dienone is 5. The fourth-order valence-electron chi connectivity index (χ4n) is 3.21. The summed E-state index contributed by atoms with van der Waals surface area (Å²) in [5.41, 5.74) is 3.34. The van der Waals surface area contributed by atoms with E-state index in [1.807, 2.05) is 71.1 Å². The molecular weight excluding hydrogens is 322 g/mol. The van der Waals surface area contributed by atoms with Gasteiger partial charge < -0.3 is 4.90 Å². The summed E-state index contributed by atoms with van der Waals surface area (Å²) in [6.07, 6.45) is 10.9. The van der Waals surface area contributed by atoms with Crippen LogP contribution in [-0.2, 0) is 0 Å². The maximum Gasteiger partial charge on any atom is 0.274 e. The van der Waals surface area contributed by atoms with Gasteiger partial charge in [-0.1, -0.05) is 55.1 Å². The number of carbonyl (C=O) groups is 1. The largest absolute Gasteiger partial charge is 0.337 e. The minimum Gasteiger partial charge on any atom is -0.337 e. The minimum absolute atomic E-state index is 0.0174. The number of hydrogen-bond acceptors (Lipinski definition) is 2. The number of hydrogen-bond donors (Lipinski definition) is 0. The molecule has 0 aliphatic carbocycles. The first-order valence-electron chi connectivity index (χ1n) is 9.15. The zero-order valence-electron chi connectivity index (χ0n) is 15.3. The highest BCUT2D eigenvalue weighted by Gasteiger charge is 2.23. The van der Waals surface area contributed by atoms with E-state index < -0.39 is 0 Å². The smallest absolute Gasteiger partial charge is 0.274 e. The van der Waals surface area contributed by atoms with Gasteiger partial charge in [0.1, 0.15) is 0 Å². The van der Waals surface area contributed by atoms with Crippen molar-refractivity contribution >= 4 is 11.6 Å². The molecule has 0 spiro atoms. The van der Waals surface area contributed by atoms with E-state index in [1.54, 1.807) is 6.08 Å². The SMILES string of the molecule is C=C/C=C\C(=C/C)n1nc(C(=O)N2CCCCC2)cc1-c1ccccc1. The molecule has 0 atom stereocenters. The Hall–Kier alpha value is -2.88. The van der Waals surface area contributed by atoms with Crippen LogP contribution in [0.1, 0.15) is 36.7 Å². The maximum atomic E-state index is 12.9. The molecule has 1 aromatic heterocycles. The summed E-state index contributed by atoms with van der Waals surface area (Å²) in [4.78, 5) is 14.8. The molecule has 1 amide bonds. The van der Waals surface area contributed by atoms with Crippen LogP contribution in [0, 0.1) is 0 Å². The van der Waals surface area contributed by atoms with Crippen LogP contribution in [0.5, 0.6) is 0 Å². The summed E-state index contributed by atoms with van der Waals surface area (Å²) in [6.45, 7) is 7.33. The summed E-state index contributed by atoms with van der Waals surface area (Å²) in [5, 5.41) is 4.66. The molecule has 0 saturated carbocycles. The Morgan fingerprint density at radius 1 is 1.15 bits per heavy atom. The first-order valence-corrected chi connectivity index (χ1v) is 9.15. The van der Waals surface area contributed by atoms with E-state index in [0.29, 0.717) is 5.69 Å². The molecule has 0 unspecified atom stereocenters. The molecule has 1 fully saturated rings. The lowest BCUT2D eigenvalue weighted by molar-refractivity contribution is 0.0718. The lowest BCUT2D eigenvalue weighted by Crippen LogP contribution is -2.35. The number of amides is 1. The van der Waals surface area contributed by atoms with Crippen LogP contribution in [0.25, 0.3) is 17.0 Å². The average Bonchev–Trinajstić information content (AvgIpc) is 3.14. The van der Waals surface area contributed by atoms with E-state index in [2.05, 4.69) is 11.7 Å². The third-order valence-corrected chi connectivity index (χ3v) is 4.58. The Bertz CT molecular complexity index is 824. The van der Waals surface area contributed by atoms with Crippen molar-refractivity contribution < 1.29 is 4.79 Å². The highest BCUT2D eigenvalue weighted by atomic mass is 16.2. The summed E-state index contributed by atoms with van der Waals surface area (Å²) in [5.74, 6) is 0.0174. The van der Waals surface area contributed by atoms with Crippen LogP contribution in [-0.4, -0.2) is 33.7 Å². The molecule has 0 bridgehead atoms. The van der Waals surface area contributed by atoms with Crippen molar-refractivity contribution in [3.8, 4) is 11.3 Å². The Morgan fingerprint density at radius 2 is 1.88 bits per heavy atom. The molecule has 1 aromatic carbocycles. The number of rotatable bonds is 5. The van der Waals surface area contributed by atoms with Crippen LogP contribution >= 0.6 is 0 Å². The zero-order chi connectivity index (χ0) is 18.4. The minimum atomic E-state index is 0.0174. The van der Waals surface area contributed by atoms with Crippen LogP contribution in [0.2, 0.25) is 0 Å². The Kier molecular flexibility index (Phi) is 5.84. The van der Waals surface area contributed by atoms with Gasteiger partial charge in [-0.3, -0.25) is 4.79 Å². The van der Waals surface area contributed by atoms with Gasteiger partial charge in [-0.2, -0.15) is 5.10 Å². The predicted molar refractivity (Wildman–Crippen MR) is 107 cm³/mol. The molecule has 1 saturated heterocycles. The Morgan fingerprint density at radius 3 is 2.54 bits per heavy atom. The monoisotopic (exact) mass is 347 g/mol. The lowest BCUT2D eigenvalue weighted by atomic mass is 10.1. The van der Waals surface area contributed by atoms with Gasteiger partial charge in [0.25, 0.3) is 5.91 Å². The summed E-state index contributed by atoms with van der Waals surface area (Å²) >= 11 is 0. The predicted octanol–water partition coefficient (Wildman–Crippen LogP) is 4.78. The quantitative estimate of drug-likeness (QED) is 0.730. The van der Waals surface area contributed by atoms with Crippen molar-refractivity contribution in [2.75, 3.05) is 13.1 Å². The summed E-state index contributed by atoms with van der Waals surface area (Å²) < 4.78 is 1.84. The standard InChI is InChI=1S/C22H25N3O/c1-3-5-14-19(4-2)25-21(18-12-8-6-9-13-18)17-20(23-25)22(26)24-15-10-7-11-16-24/h3-6,8-9,12-14,17H,1,7,10-11,15-16H2,2H3/b14-5-,19-4+. The lowest BCUT2D eigenvalue weighted by Gasteiger charge is -2.25. The van der Waals surface area contributed by atoms with E-state index in [0.717, 1.165) is 42.9 Å². The second kappa shape index (κ2) is 8.48. The van der Waals surface area contributed by atoms with Gasteiger partial charge in [-0.05, 0) is 38.3 Å². The normalized spacial score (nSPS) is 15.4. The molecule has 1 aliphatic rings. The van der Waals surface area contributed by atoms with Crippen molar-refractivity contribution in [3.05, 3.63) is 73.0 Å². The molecule has 2 aromatic rings. The molecule has 2 heterocycles. The van der Waals surface area contributed by atoms with E-state index in [1.165, 1.54) is 6.42 Å². The number of likely N-dealkylation sites (tertiary alicyclic amines) is 1. The second-order valence-corrected chi connectivity index (χ2v) is 6.35. The number of carbonyl (C=O) groups excluding carboxylic acids is 1. The summed E-state index contributed by atoms with van der Waals surface area (Å²) in [6, 6.07) is 11.9. The van der Waals surface area contributed by atoms with E-state index in [4.69, 9.17) is 0 Å². The Balaban J connectivity index is 2.03. The van der Waals surface area contributed by atoms with Crippen molar-refractivity contribution in [2.24, 2.45) is 0 Å². The van der Waals surface area contributed by atoms with Crippen LogP contribution in [0.3, 0.4) is 0 Å². The Labute approximate surface area is 155 Å². The van der Waals surface area contributed by atoms with Gasteiger partial charge in [0, 0.05) is 18.7 Å². The van der Waals surface area contributed by atoms with Crippen molar-refractivity contribution in [1.29, 1.82) is 0 Å². The van der Waals surface area contributed by atoms with Gasteiger partial charge in [0.05, 0.1) is 11.4 Å². The number of piperidine rings is 1. The van der Waals surface area contributed by atoms with Gasteiger partial charge in [0.15, 0.2) is 5.69 Å². The number of aromatic nitrogens is 2. The third kappa shape index (κ3) is 3.85. The first kappa shape index (κ1) is 17.9. The van der Waals surface area contributed by atoms with Crippen LogP contribution < -0.4 is 0 Å². The molecule has 134 valence electrons. The second-order valence-electron chi connectivity index (χ2n) is 6.35. The van der Waals surface area contributed by atoms with Crippen molar-refractivity contribution in [2.45, 2.75) is 26.2 Å². The zero-order valence-corrected chi connectivity index (χ0v) is 15.3.